The number of esters is 1. The molecule has 0 aliphatic carbocycles. The van der Waals surface area contributed by atoms with Gasteiger partial charge in [-0.25, -0.2) is 9.86 Å². The molecule has 0 radical (unpaired) electrons. The summed E-state index contributed by atoms with van der Waals surface area (Å²) in [6.07, 6.45) is -4.85. The second kappa shape index (κ2) is 12.8. The van der Waals surface area contributed by atoms with E-state index in [-0.39, 0.29) is 12.5 Å². The highest BCUT2D eigenvalue weighted by atomic mass is 16.7. The summed E-state index contributed by atoms with van der Waals surface area (Å²) in [7, 11) is 3.03. The number of nitrogens with zero attached hydrogens (tertiary/aromatic N) is 1. The van der Waals surface area contributed by atoms with Crippen molar-refractivity contribution in [2.45, 2.75) is 63.7 Å². The minimum Gasteiger partial charge on any atom is -0.497 e. The van der Waals surface area contributed by atoms with E-state index in [1.807, 2.05) is 44.2 Å². The van der Waals surface area contributed by atoms with Crippen molar-refractivity contribution in [2.24, 2.45) is 5.92 Å². The standard InChI is InChI=1S/C28H36N2O9/c1-16(2)23(30(35-5)19-11-13-20(34-4)14-12-19)27(33)38-25-22(29-17(3)31)26(32)37-21-15-36-28(39-24(21)25)18-9-7-6-8-10-18/h6-14,16,21-26,28,32H,15H2,1-5H3,(H,29,31)/t21-,22-,23+,24-,25-,26?,28?/m1/s1. The minimum atomic E-state index is -1.45. The van der Waals surface area contributed by atoms with Gasteiger partial charge in [0, 0.05) is 12.5 Å². The van der Waals surface area contributed by atoms with E-state index >= 15 is 0 Å². The highest BCUT2D eigenvalue weighted by Gasteiger charge is 2.52. The lowest BCUT2D eigenvalue weighted by atomic mass is 9.95. The van der Waals surface area contributed by atoms with E-state index in [1.54, 1.807) is 31.4 Å². The Morgan fingerprint density at radius 2 is 1.74 bits per heavy atom. The molecule has 0 saturated carbocycles. The molecule has 7 atom stereocenters. The van der Waals surface area contributed by atoms with Gasteiger partial charge in [0.05, 0.1) is 26.5 Å². The Bertz CT molecular complexity index is 1100. The van der Waals surface area contributed by atoms with Gasteiger partial charge < -0.3 is 34.1 Å². The van der Waals surface area contributed by atoms with Crippen molar-refractivity contribution in [3.05, 3.63) is 60.2 Å². The molecule has 39 heavy (non-hydrogen) atoms. The van der Waals surface area contributed by atoms with Crippen LogP contribution in [-0.4, -0.2) is 74.5 Å². The number of hydroxylamine groups is 1. The topological polar surface area (TPSA) is 125 Å². The predicted molar refractivity (Wildman–Crippen MR) is 139 cm³/mol. The fourth-order valence-electron chi connectivity index (χ4n) is 4.85. The summed E-state index contributed by atoms with van der Waals surface area (Å²) in [5.74, 6) is -0.635. The Hall–Kier alpha value is -3.22. The van der Waals surface area contributed by atoms with Gasteiger partial charge in [0.25, 0.3) is 0 Å². The average Bonchev–Trinajstić information content (AvgIpc) is 2.93. The zero-order valence-electron chi connectivity index (χ0n) is 22.7. The molecule has 2 aromatic rings. The number of hydrogen-bond acceptors (Lipinski definition) is 10. The lowest BCUT2D eigenvalue weighted by Crippen LogP contribution is -2.67. The molecule has 2 aromatic carbocycles. The fourth-order valence-corrected chi connectivity index (χ4v) is 4.85. The molecular formula is C28H36N2O9. The van der Waals surface area contributed by atoms with Crippen molar-refractivity contribution in [3.8, 4) is 5.75 Å². The molecule has 212 valence electrons. The number of amides is 1. The first-order valence-electron chi connectivity index (χ1n) is 12.8. The molecule has 2 fully saturated rings. The summed E-state index contributed by atoms with van der Waals surface area (Å²) in [6, 6.07) is 14.4. The van der Waals surface area contributed by atoms with Gasteiger partial charge in [-0.3, -0.25) is 9.63 Å². The Morgan fingerprint density at radius 1 is 1.05 bits per heavy atom. The summed E-state index contributed by atoms with van der Waals surface area (Å²) in [6.45, 7) is 5.13. The van der Waals surface area contributed by atoms with E-state index in [1.165, 1.54) is 19.1 Å². The van der Waals surface area contributed by atoms with E-state index in [0.717, 1.165) is 5.56 Å². The lowest BCUT2D eigenvalue weighted by molar-refractivity contribution is -0.339. The molecular weight excluding hydrogens is 508 g/mol. The molecule has 2 heterocycles. The van der Waals surface area contributed by atoms with Gasteiger partial charge in [-0.05, 0) is 30.2 Å². The zero-order valence-corrected chi connectivity index (χ0v) is 22.7. The second-order valence-corrected chi connectivity index (χ2v) is 9.76. The molecule has 2 unspecified atom stereocenters. The summed E-state index contributed by atoms with van der Waals surface area (Å²) in [5, 5.41) is 14.9. The first kappa shape index (κ1) is 28.8. The Morgan fingerprint density at radius 3 is 2.33 bits per heavy atom. The van der Waals surface area contributed by atoms with Gasteiger partial charge in [-0.1, -0.05) is 44.2 Å². The van der Waals surface area contributed by atoms with E-state index in [9.17, 15) is 14.7 Å². The molecule has 11 nitrogen and oxygen atoms in total. The number of aliphatic hydroxyl groups is 1. The van der Waals surface area contributed by atoms with Crippen LogP contribution in [0.2, 0.25) is 0 Å². The molecule has 2 aliphatic rings. The molecule has 11 heteroatoms. The quantitative estimate of drug-likeness (QED) is 0.359. The minimum absolute atomic E-state index is 0.0891. The summed E-state index contributed by atoms with van der Waals surface area (Å²) in [5.41, 5.74) is 1.39. The van der Waals surface area contributed by atoms with E-state index < -0.39 is 54.9 Å². The Kier molecular flexibility index (Phi) is 9.41. The predicted octanol–water partition coefficient (Wildman–Crippen LogP) is 2.34. The number of carbonyl (C=O) groups excluding carboxylic acids is 2. The average molecular weight is 545 g/mol. The number of nitrogens with one attached hydrogen (secondary N) is 1. The number of carbonyl (C=O) groups is 2. The van der Waals surface area contributed by atoms with Crippen LogP contribution < -0.4 is 15.1 Å². The third-order valence-electron chi connectivity index (χ3n) is 6.70. The van der Waals surface area contributed by atoms with Crippen LogP contribution >= 0.6 is 0 Å². The van der Waals surface area contributed by atoms with Crippen LogP contribution in [0.5, 0.6) is 5.75 Å². The van der Waals surface area contributed by atoms with Gasteiger partial charge in [-0.15, -0.1) is 0 Å². The molecule has 2 N–H and O–H groups in total. The van der Waals surface area contributed by atoms with E-state index in [0.29, 0.717) is 11.4 Å². The van der Waals surface area contributed by atoms with Gasteiger partial charge in [0.15, 0.2) is 24.7 Å². The van der Waals surface area contributed by atoms with Gasteiger partial charge in [0.2, 0.25) is 5.91 Å². The second-order valence-electron chi connectivity index (χ2n) is 9.76. The van der Waals surface area contributed by atoms with E-state index in [2.05, 4.69) is 5.32 Å². The lowest BCUT2D eigenvalue weighted by Gasteiger charge is -2.48. The van der Waals surface area contributed by atoms with Crippen LogP contribution in [0.1, 0.15) is 32.6 Å². The van der Waals surface area contributed by atoms with Gasteiger partial charge in [-0.2, -0.15) is 0 Å². The fraction of sp³-hybridized carbons (Fsp3) is 0.500. The van der Waals surface area contributed by atoms with Crippen molar-refractivity contribution >= 4 is 17.6 Å². The van der Waals surface area contributed by atoms with Crippen molar-refractivity contribution in [1.82, 2.24) is 5.32 Å². The van der Waals surface area contributed by atoms with Crippen molar-refractivity contribution in [1.29, 1.82) is 0 Å². The van der Waals surface area contributed by atoms with Crippen LogP contribution in [-0.2, 0) is 33.4 Å². The normalized spacial score (nSPS) is 27.3. The number of benzene rings is 2. The number of aliphatic hydroxyl groups excluding tert-OH is 1. The van der Waals surface area contributed by atoms with Crippen LogP contribution in [0, 0.1) is 5.92 Å². The summed E-state index contributed by atoms with van der Waals surface area (Å²) >= 11 is 0. The maximum Gasteiger partial charge on any atom is 0.332 e. The highest BCUT2D eigenvalue weighted by molar-refractivity contribution is 5.80. The first-order chi connectivity index (χ1) is 18.7. The van der Waals surface area contributed by atoms with Crippen molar-refractivity contribution in [3.63, 3.8) is 0 Å². The van der Waals surface area contributed by atoms with Gasteiger partial charge in [0.1, 0.15) is 24.0 Å². The monoisotopic (exact) mass is 544 g/mol. The number of anilines is 1. The Balaban J connectivity index is 1.63. The van der Waals surface area contributed by atoms with Crippen molar-refractivity contribution in [2.75, 3.05) is 25.9 Å². The maximum absolute atomic E-state index is 13.8. The molecule has 0 bridgehead atoms. The van der Waals surface area contributed by atoms with E-state index in [4.69, 9.17) is 28.5 Å². The molecule has 2 saturated heterocycles. The zero-order chi connectivity index (χ0) is 28.1. The van der Waals surface area contributed by atoms with Crippen LogP contribution in [0.3, 0.4) is 0 Å². The molecule has 2 aliphatic heterocycles. The van der Waals surface area contributed by atoms with Crippen LogP contribution in [0.25, 0.3) is 0 Å². The van der Waals surface area contributed by atoms with Gasteiger partial charge >= 0.3 is 5.97 Å². The van der Waals surface area contributed by atoms with Crippen LogP contribution in [0.15, 0.2) is 54.6 Å². The third kappa shape index (κ3) is 6.51. The molecule has 0 aromatic heterocycles. The largest absolute Gasteiger partial charge is 0.497 e. The Labute approximate surface area is 227 Å². The molecule has 1 amide bonds. The smallest absolute Gasteiger partial charge is 0.332 e. The number of ether oxygens (including phenoxy) is 5. The van der Waals surface area contributed by atoms with Crippen LogP contribution in [0.4, 0.5) is 5.69 Å². The molecule has 4 rings (SSSR count). The highest BCUT2D eigenvalue weighted by Crippen LogP contribution is 2.35. The maximum atomic E-state index is 13.8. The molecule has 0 spiro atoms. The number of rotatable bonds is 9. The SMILES string of the molecule is COc1ccc(N(OC)[C@H](C(=O)O[C@H]2[C@@H]3OC(c4ccccc4)OC[C@H]3OC(O)[C@@H]2NC(C)=O)C(C)C)cc1. The summed E-state index contributed by atoms with van der Waals surface area (Å²) in [4.78, 5) is 31.5. The number of methoxy groups -OCH3 is 1. The third-order valence-corrected chi connectivity index (χ3v) is 6.70. The van der Waals surface area contributed by atoms with Crippen molar-refractivity contribution < 1.29 is 43.2 Å². The number of hydrogen-bond donors (Lipinski definition) is 2. The first-order valence-corrected chi connectivity index (χ1v) is 12.8. The number of fused-ring (bicyclic) bond motifs is 1. The summed E-state index contributed by atoms with van der Waals surface area (Å²) < 4.78 is 29.1.